The maximum Gasteiger partial charge on any atom is 0.276 e. The van der Waals surface area contributed by atoms with Gasteiger partial charge in [-0.3, -0.25) is 4.90 Å². The van der Waals surface area contributed by atoms with Crippen LogP contribution in [0.15, 0.2) is 24.3 Å². The lowest BCUT2D eigenvalue weighted by molar-refractivity contribution is 0.178. The zero-order chi connectivity index (χ0) is 15.7. The third kappa shape index (κ3) is 3.25. The van der Waals surface area contributed by atoms with Crippen LogP contribution in [0.5, 0.6) is 0 Å². The molecule has 0 atom stereocenters. The quantitative estimate of drug-likeness (QED) is 0.875. The molecular formula is C14H19N5O2S. The Morgan fingerprint density at radius 2 is 1.82 bits per heavy atom. The Balaban J connectivity index is 1.72. The summed E-state index contributed by atoms with van der Waals surface area (Å²) in [6.45, 7) is 4.67. The second kappa shape index (κ2) is 5.88. The lowest BCUT2D eigenvalue weighted by Gasteiger charge is -2.32. The van der Waals surface area contributed by atoms with Gasteiger partial charge in [-0.05, 0) is 13.0 Å². The fraction of sp³-hybridized carbons (Fsp3) is 0.429. The van der Waals surface area contributed by atoms with E-state index in [-0.39, 0.29) is 0 Å². The predicted molar refractivity (Wildman–Crippen MR) is 84.2 cm³/mol. The van der Waals surface area contributed by atoms with Crippen molar-refractivity contribution in [2.24, 2.45) is 5.14 Å². The molecule has 118 valence electrons. The normalized spacial score (nSPS) is 17.9. The number of aromatic nitrogens is 2. The van der Waals surface area contributed by atoms with Gasteiger partial charge in [0.25, 0.3) is 10.2 Å². The van der Waals surface area contributed by atoms with Crippen LogP contribution in [0.3, 0.4) is 0 Å². The lowest BCUT2D eigenvalue weighted by atomic mass is 10.2. The summed E-state index contributed by atoms with van der Waals surface area (Å²) in [7, 11) is -3.58. The van der Waals surface area contributed by atoms with Gasteiger partial charge in [-0.1, -0.05) is 18.2 Å². The molecular weight excluding hydrogens is 302 g/mol. The maximum atomic E-state index is 11.3. The summed E-state index contributed by atoms with van der Waals surface area (Å²) in [6.07, 6.45) is 0. The van der Waals surface area contributed by atoms with E-state index in [4.69, 9.17) is 5.14 Å². The topological polar surface area (TPSA) is 92.4 Å². The fourth-order valence-electron chi connectivity index (χ4n) is 2.71. The van der Waals surface area contributed by atoms with E-state index >= 15 is 0 Å². The number of nitrogens with zero attached hydrogens (tertiary/aromatic N) is 4. The minimum Gasteiger partial charge on any atom is -0.293 e. The first kappa shape index (κ1) is 15.3. The van der Waals surface area contributed by atoms with Crippen LogP contribution < -0.4 is 5.14 Å². The number of piperazine rings is 1. The van der Waals surface area contributed by atoms with E-state index in [1.165, 1.54) is 4.31 Å². The second-order valence-electron chi connectivity index (χ2n) is 5.46. The van der Waals surface area contributed by atoms with Crippen molar-refractivity contribution in [3.05, 3.63) is 35.8 Å². The highest BCUT2D eigenvalue weighted by Crippen LogP contribution is 2.16. The molecule has 22 heavy (non-hydrogen) atoms. The summed E-state index contributed by atoms with van der Waals surface area (Å²) in [6, 6.07) is 7.93. The van der Waals surface area contributed by atoms with Crippen molar-refractivity contribution < 1.29 is 8.42 Å². The van der Waals surface area contributed by atoms with Crippen LogP contribution in [0.4, 0.5) is 0 Å². The van der Waals surface area contributed by atoms with Crippen LogP contribution >= 0.6 is 0 Å². The van der Waals surface area contributed by atoms with Crippen LogP contribution in [-0.2, 0) is 16.8 Å². The van der Waals surface area contributed by atoms with Gasteiger partial charge in [0.2, 0.25) is 0 Å². The Morgan fingerprint density at radius 1 is 1.14 bits per heavy atom. The van der Waals surface area contributed by atoms with Crippen molar-refractivity contribution in [2.45, 2.75) is 13.5 Å². The van der Waals surface area contributed by atoms with Crippen molar-refractivity contribution in [3.8, 4) is 0 Å². The van der Waals surface area contributed by atoms with Gasteiger partial charge < -0.3 is 0 Å². The SMILES string of the molecule is Cc1nc(CN2CCN(S(N)(=O)=O)CC2)nc2ccccc12. The van der Waals surface area contributed by atoms with E-state index in [2.05, 4.69) is 14.9 Å². The summed E-state index contributed by atoms with van der Waals surface area (Å²) < 4.78 is 23.9. The molecule has 2 N–H and O–H groups in total. The Morgan fingerprint density at radius 3 is 2.50 bits per heavy atom. The Labute approximate surface area is 129 Å². The van der Waals surface area contributed by atoms with Crippen LogP contribution in [-0.4, -0.2) is 53.8 Å². The molecule has 1 aromatic heterocycles. The molecule has 0 unspecified atom stereocenters. The monoisotopic (exact) mass is 321 g/mol. The molecule has 2 heterocycles. The highest BCUT2D eigenvalue weighted by molar-refractivity contribution is 7.86. The molecule has 2 aromatic rings. The number of hydrogen-bond acceptors (Lipinski definition) is 5. The molecule has 8 heteroatoms. The number of nitrogens with two attached hydrogens (primary N) is 1. The van der Waals surface area contributed by atoms with Gasteiger partial charge in [0.05, 0.1) is 12.1 Å². The predicted octanol–water partition coefficient (Wildman–Crippen LogP) is 0.259. The van der Waals surface area contributed by atoms with Gasteiger partial charge in [-0.2, -0.15) is 12.7 Å². The van der Waals surface area contributed by atoms with Crippen molar-refractivity contribution in [2.75, 3.05) is 26.2 Å². The molecule has 1 aliphatic heterocycles. The zero-order valence-corrected chi connectivity index (χ0v) is 13.3. The van der Waals surface area contributed by atoms with E-state index in [0.717, 1.165) is 22.4 Å². The van der Waals surface area contributed by atoms with Gasteiger partial charge in [-0.25, -0.2) is 15.1 Å². The molecule has 1 saturated heterocycles. The minimum atomic E-state index is -3.58. The smallest absolute Gasteiger partial charge is 0.276 e. The largest absolute Gasteiger partial charge is 0.293 e. The summed E-state index contributed by atoms with van der Waals surface area (Å²) in [5.74, 6) is 0.764. The van der Waals surface area contributed by atoms with Crippen molar-refractivity contribution in [3.63, 3.8) is 0 Å². The van der Waals surface area contributed by atoms with Crippen molar-refractivity contribution in [1.82, 2.24) is 19.2 Å². The number of fused-ring (bicyclic) bond motifs is 1. The molecule has 0 spiro atoms. The fourth-order valence-corrected chi connectivity index (χ4v) is 3.38. The van der Waals surface area contributed by atoms with E-state index < -0.39 is 10.2 Å². The number of rotatable bonds is 3. The van der Waals surface area contributed by atoms with Crippen LogP contribution in [0.1, 0.15) is 11.5 Å². The summed E-state index contributed by atoms with van der Waals surface area (Å²) >= 11 is 0. The molecule has 0 bridgehead atoms. The summed E-state index contributed by atoms with van der Waals surface area (Å²) in [5.41, 5.74) is 1.90. The molecule has 1 aliphatic rings. The molecule has 0 aliphatic carbocycles. The zero-order valence-electron chi connectivity index (χ0n) is 12.4. The second-order valence-corrected chi connectivity index (χ2v) is 7.01. The highest BCUT2D eigenvalue weighted by atomic mass is 32.2. The van der Waals surface area contributed by atoms with Crippen LogP contribution in [0, 0.1) is 6.92 Å². The standard InChI is InChI=1S/C14H19N5O2S/c1-11-12-4-2-3-5-13(12)17-14(16-11)10-18-6-8-19(9-7-18)22(15,20)21/h2-5H,6-10H2,1H3,(H2,15,20,21). The first-order valence-electron chi connectivity index (χ1n) is 7.16. The Bertz CT molecular complexity index is 785. The first-order chi connectivity index (χ1) is 10.4. The Hall–Kier alpha value is -1.61. The van der Waals surface area contributed by atoms with Crippen LogP contribution in [0.2, 0.25) is 0 Å². The van der Waals surface area contributed by atoms with Crippen molar-refractivity contribution in [1.29, 1.82) is 0 Å². The van der Waals surface area contributed by atoms with Gasteiger partial charge >= 0.3 is 0 Å². The molecule has 0 radical (unpaired) electrons. The molecule has 7 nitrogen and oxygen atoms in total. The third-order valence-electron chi connectivity index (χ3n) is 3.90. The minimum absolute atomic E-state index is 0.408. The molecule has 0 amide bonds. The molecule has 0 saturated carbocycles. The van der Waals surface area contributed by atoms with Gasteiger partial charge in [-0.15, -0.1) is 0 Å². The van der Waals surface area contributed by atoms with Gasteiger partial charge in [0.1, 0.15) is 5.82 Å². The van der Waals surface area contributed by atoms with Crippen molar-refractivity contribution >= 4 is 21.1 Å². The molecule has 1 aromatic carbocycles. The number of benzene rings is 1. The summed E-state index contributed by atoms with van der Waals surface area (Å²) in [5, 5.41) is 6.21. The summed E-state index contributed by atoms with van der Waals surface area (Å²) in [4.78, 5) is 11.3. The van der Waals surface area contributed by atoms with E-state index in [0.29, 0.717) is 32.7 Å². The average Bonchev–Trinajstić information content (AvgIpc) is 2.47. The molecule has 3 rings (SSSR count). The molecule has 1 fully saturated rings. The average molecular weight is 321 g/mol. The van der Waals surface area contributed by atoms with E-state index in [9.17, 15) is 8.42 Å². The Kier molecular flexibility index (Phi) is 4.09. The van der Waals surface area contributed by atoms with Gasteiger partial charge in [0, 0.05) is 37.3 Å². The van der Waals surface area contributed by atoms with Gasteiger partial charge in [0.15, 0.2) is 0 Å². The number of para-hydroxylation sites is 1. The van der Waals surface area contributed by atoms with Crippen LogP contribution in [0.25, 0.3) is 10.9 Å². The maximum absolute atomic E-state index is 11.3. The number of aryl methyl sites for hydroxylation is 1. The van der Waals surface area contributed by atoms with E-state index in [1.807, 2.05) is 31.2 Å². The lowest BCUT2D eigenvalue weighted by Crippen LogP contribution is -2.50. The van der Waals surface area contributed by atoms with E-state index in [1.54, 1.807) is 0 Å². The number of hydrogen-bond donors (Lipinski definition) is 1. The highest BCUT2D eigenvalue weighted by Gasteiger charge is 2.24. The third-order valence-corrected chi connectivity index (χ3v) is 4.98. The first-order valence-corrected chi connectivity index (χ1v) is 8.66.